The molecule has 0 fully saturated rings. The van der Waals surface area contributed by atoms with Gasteiger partial charge in [0.1, 0.15) is 11.5 Å². The Bertz CT molecular complexity index is 630. The van der Waals surface area contributed by atoms with Crippen molar-refractivity contribution in [2.75, 3.05) is 11.9 Å². The summed E-state index contributed by atoms with van der Waals surface area (Å²) in [7, 11) is 1.77. The van der Waals surface area contributed by atoms with Crippen LogP contribution in [0.5, 0.6) is 0 Å². The number of aromatic nitrogens is 1. The number of rotatable bonds is 4. The first-order valence-corrected chi connectivity index (χ1v) is 6.01. The molecule has 2 aromatic rings. The Morgan fingerprint density at radius 2 is 2.10 bits per heavy atom. The quantitative estimate of drug-likeness (QED) is 0.387. The smallest absolute Gasteiger partial charge is 0.189 e. The van der Waals surface area contributed by atoms with E-state index in [0.29, 0.717) is 17.9 Å². The minimum absolute atomic E-state index is 0.0671. The van der Waals surface area contributed by atoms with E-state index in [-0.39, 0.29) is 11.7 Å². The Morgan fingerprint density at radius 1 is 1.35 bits per heavy atom. The summed E-state index contributed by atoms with van der Waals surface area (Å²) in [6, 6.07) is 10.0. The van der Waals surface area contributed by atoms with Crippen molar-refractivity contribution >= 4 is 11.5 Å². The first kappa shape index (κ1) is 13.8. The molecule has 1 aromatic heterocycles. The summed E-state index contributed by atoms with van der Waals surface area (Å²) in [4.78, 5) is 5.82. The van der Waals surface area contributed by atoms with E-state index >= 15 is 0 Å². The van der Waals surface area contributed by atoms with Crippen LogP contribution in [0.1, 0.15) is 11.3 Å². The van der Waals surface area contributed by atoms with Crippen molar-refractivity contribution < 1.29 is 9.60 Å². The summed E-state index contributed by atoms with van der Waals surface area (Å²) in [5.74, 6) is -0.369. The predicted molar refractivity (Wildman–Crippen MR) is 75.3 cm³/mol. The van der Waals surface area contributed by atoms with E-state index in [0.717, 1.165) is 5.56 Å². The zero-order valence-electron chi connectivity index (χ0n) is 11.0. The van der Waals surface area contributed by atoms with Gasteiger partial charge in [-0.1, -0.05) is 23.4 Å². The normalized spacial score (nSPS) is 11.4. The highest BCUT2D eigenvalue weighted by Gasteiger charge is 2.12. The van der Waals surface area contributed by atoms with Crippen LogP contribution in [0.15, 0.2) is 47.8 Å². The van der Waals surface area contributed by atoms with Gasteiger partial charge in [0.05, 0.1) is 5.69 Å². The van der Waals surface area contributed by atoms with Gasteiger partial charge < -0.3 is 15.8 Å². The van der Waals surface area contributed by atoms with Crippen LogP contribution in [-0.4, -0.2) is 23.1 Å². The second-order valence-corrected chi connectivity index (χ2v) is 4.30. The van der Waals surface area contributed by atoms with E-state index in [2.05, 4.69) is 10.1 Å². The molecule has 1 aromatic carbocycles. The lowest BCUT2D eigenvalue weighted by Crippen LogP contribution is -2.23. The molecule has 0 aliphatic carbocycles. The number of nitrogens with two attached hydrogens (primary N) is 1. The van der Waals surface area contributed by atoms with Crippen LogP contribution in [0.4, 0.5) is 10.1 Å². The molecule has 5 nitrogen and oxygen atoms in total. The number of anilines is 1. The van der Waals surface area contributed by atoms with Crippen molar-refractivity contribution in [1.82, 2.24) is 4.98 Å². The van der Waals surface area contributed by atoms with Gasteiger partial charge in [0, 0.05) is 25.4 Å². The van der Waals surface area contributed by atoms with E-state index in [1.165, 1.54) is 6.07 Å². The van der Waals surface area contributed by atoms with Crippen LogP contribution < -0.4 is 10.6 Å². The average molecular weight is 274 g/mol. The molecule has 0 aliphatic rings. The number of pyridine rings is 1. The lowest BCUT2D eigenvalue weighted by atomic mass is 10.1. The maximum atomic E-state index is 13.7. The Kier molecular flexibility index (Phi) is 4.14. The Balaban J connectivity index is 2.29. The van der Waals surface area contributed by atoms with Gasteiger partial charge >= 0.3 is 0 Å². The highest BCUT2D eigenvalue weighted by atomic mass is 19.1. The highest BCUT2D eigenvalue weighted by Crippen LogP contribution is 2.20. The molecule has 0 saturated carbocycles. The molecule has 0 bridgehead atoms. The highest BCUT2D eigenvalue weighted by molar-refractivity contribution is 5.96. The molecule has 0 aliphatic heterocycles. The number of hydrogen-bond acceptors (Lipinski definition) is 4. The van der Waals surface area contributed by atoms with Crippen LogP contribution in [0.2, 0.25) is 0 Å². The third kappa shape index (κ3) is 2.85. The van der Waals surface area contributed by atoms with Gasteiger partial charge in [-0.3, -0.25) is 4.98 Å². The van der Waals surface area contributed by atoms with Crippen molar-refractivity contribution in [1.29, 1.82) is 0 Å². The number of para-hydroxylation sites is 1. The lowest BCUT2D eigenvalue weighted by Gasteiger charge is -2.21. The topological polar surface area (TPSA) is 74.7 Å². The maximum Gasteiger partial charge on any atom is 0.189 e. The van der Waals surface area contributed by atoms with Gasteiger partial charge in [0.2, 0.25) is 0 Å². The molecule has 1 heterocycles. The molecule has 0 unspecified atom stereocenters. The van der Waals surface area contributed by atoms with Gasteiger partial charge in [-0.25, -0.2) is 4.39 Å². The second-order valence-electron chi connectivity index (χ2n) is 4.30. The molecular weight excluding hydrogens is 259 g/mol. The zero-order chi connectivity index (χ0) is 14.5. The summed E-state index contributed by atoms with van der Waals surface area (Å²) in [6.45, 7) is 0.389. The molecule has 0 amide bonds. The molecule has 0 radical (unpaired) electrons. The molecule has 104 valence electrons. The molecule has 20 heavy (non-hydrogen) atoms. The summed E-state index contributed by atoms with van der Waals surface area (Å²) >= 11 is 0. The van der Waals surface area contributed by atoms with Gasteiger partial charge in [-0.05, 0) is 18.2 Å². The number of halogens is 1. The number of benzene rings is 1. The Morgan fingerprint density at radius 3 is 2.80 bits per heavy atom. The van der Waals surface area contributed by atoms with Crippen molar-refractivity contribution in [2.45, 2.75) is 6.54 Å². The van der Waals surface area contributed by atoms with Crippen LogP contribution in [0.3, 0.4) is 0 Å². The third-order valence-electron chi connectivity index (χ3n) is 2.91. The SMILES string of the molecule is CN(Cc1cccnc1C(N)=NO)c1ccccc1F. The summed E-state index contributed by atoms with van der Waals surface area (Å²) in [5.41, 5.74) is 7.19. The van der Waals surface area contributed by atoms with E-state index in [1.807, 2.05) is 0 Å². The van der Waals surface area contributed by atoms with E-state index < -0.39 is 0 Å². The predicted octanol–water partition coefficient (Wildman–Crippen LogP) is 1.95. The molecule has 0 saturated heterocycles. The largest absolute Gasteiger partial charge is 0.409 e. The van der Waals surface area contributed by atoms with Gasteiger partial charge in [0.15, 0.2) is 5.84 Å². The van der Waals surface area contributed by atoms with Gasteiger partial charge in [0.25, 0.3) is 0 Å². The first-order chi connectivity index (χ1) is 9.63. The Labute approximate surface area is 116 Å². The van der Waals surface area contributed by atoms with Gasteiger partial charge in [-0.2, -0.15) is 0 Å². The molecule has 0 atom stereocenters. The molecule has 6 heteroatoms. The first-order valence-electron chi connectivity index (χ1n) is 6.01. The van der Waals surface area contributed by atoms with Crippen LogP contribution >= 0.6 is 0 Å². The van der Waals surface area contributed by atoms with Crippen LogP contribution in [0.25, 0.3) is 0 Å². The maximum absolute atomic E-state index is 13.7. The average Bonchev–Trinajstić information content (AvgIpc) is 2.47. The molecule has 3 N–H and O–H groups in total. The van der Waals surface area contributed by atoms with Crippen molar-refractivity contribution in [3.8, 4) is 0 Å². The summed E-state index contributed by atoms with van der Waals surface area (Å²) in [5, 5.41) is 11.7. The van der Waals surface area contributed by atoms with Crippen LogP contribution in [0, 0.1) is 5.82 Å². The number of hydrogen-bond donors (Lipinski definition) is 2. The van der Waals surface area contributed by atoms with Crippen LogP contribution in [-0.2, 0) is 6.54 Å². The van der Waals surface area contributed by atoms with Gasteiger partial charge in [-0.15, -0.1) is 0 Å². The molecule has 0 spiro atoms. The van der Waals surface area contributed by atoms with E-state index in [9.17, 15) is 4.39 Å². The van der Waals surface area contributed by atoms with Crippen molar-refractivity contribution in [3.63, 3.8) is 0 Å². The molecule has 2 rings (SSSR count). The lowest BCUT2D eigenvalue weighted by molar-refractivity contribution is 0.318. The monoisotopic (exact) mass is 274 g/mol. The number of nitrogens with zero attached hydrogens (tertiary/aromatic N) is 3. The zero-order valence-corrected chi connectivity index (χ0v) is 11.0. The third-order valence-corrected chi connectivity index (χ3v) is 2.91. The summed E-state index contributed by atoms with van der Waals surface area (Å²) in [6.07, 6.45) is 1.56. The summed E-state index contributed by atoms with van der Waals surface area (Å²) < 4.78 is 13.7. The van der Waals surface area contributed by atoms with E-state index in [4.69, 9.17) is 10.9 Å². The van der Waals surface area contributed by atoms with Crippen molar-refractivity contribution in [2.24, 2.45) is 10.9 Å². The fraction of sp³-hybridized carbons (Fsp3) is 0.143. The van der Waals surface area contributed by atoms with E-state index in [1.54, 1.807) is 48.5 Å². The second kappa shape index (κ2) is 6.01. The van der Waals surface area contributed by atoms with Crippen molar-refractivity contribution in [3.05, 3.63) is 59.7 Å². The minimum Gasteiger partial charge on any atom is -0.409 e. The fourth-order valence-corrected chi connectivity index (χ4v) is 1.95. The Hall–Kier alpha value is -2.63. The fourth-order valence-electron chi connectivity index (χ4n) is 1.95. The number of oxime groups is 1. The minimum atomic E-state index is -0.302. The standard InChI is InChI=1S/C14H15FN4O/c1-19(12-7-3-2-6-11(12)15)9-10-5-4-8-17-13(10)14(16)18-20/h2-8,20H,9H2,1H3,(H2,16,18). The molecular formula is C14H15FN4O. The number of amidine groups is 1.